The summed E-state index contributed by atoms with van der Waals surface area (Å²) in [5.74, 6) is 1.14. The number of amides is 1. The summed E-state index contributed by atoms with van der Waals surface area (Å²) >= 11 is 6.38. The van der Waals surface area contributed by atoms with Crippen LogP contribution in [0.4, 0.5) is 5.69 Å². The lowest BCUT2D eigenvalue weighted by Crippen LogP contribution is -2.49. The molecule has 1 aliphatic heterocycles. The molecule has 2 aromatic carbocycles. The minimum Gasteiger partial charge on any atom is -0.490 e. The van der Waals surface area contributed by atoms with Crippen LogP contribution in [-0.4, -0.2) is 42.6 Å². The monoisotopic (exact) mass is 595 g/mol. The minimum absolute atomic E-state index is 0.131. The highest BCUT2D eigenvalue weighted by atomic mass is 35.5. The molecule has 220 valence electrons. The van der Waals surface area contributed by atoms with E-state index in [2.05, 4.69) is 34.6 Å². The van der Waals surface area contributed by atoms with Gasteiger partial charge in [0.15, 0.2) is 0 Å². The van der Waals surface area contributed by atoms with Gasteiger partial charge in [-0.1, -0.05) is 48.4 Å². The molecule has 1 heterocycles. The zero-order valence-corrected chi connectivity index (χ0v) is 25.3. The SMILES string of the molecule is C=CC[C@H](C)C[S-](=O)=NC(=O)c1ccc2c(c1)N(C[C@@H]1CC[C@H]1[C@@H](O)C=C)C[C@@]1(CCCc3cc(Cl)ccc31)CO2. The van der Waals surface area contributed by atoms with E-state index in [1.165, 1.54) is 11.1 Å². The lowest BCUT2D eigenvalue weighted by atomic mass is 9.68. The Balaban J connectivity index is 1.49. The van der Waals surface area contributed by atoms with E-state index >= 15 is 0 Å². The summed E-state index contributed by atoms with van der Waals surface area (Å²) < 4.78 is 23.1. The fourth-order valence-corrected chi connectivity index (χ4v) is 7.94. The maximum absolute atomic E-state index is 13.1. The second-order valence-electron chi connectivity index (χ2n) is 12.0. The minimum atomic E-state index is -1.61. The summed E-state index contributed by atoms with van der Waals surface area (Å²) in [6.45, 7) is 11.5. The van der Waals surface area contributed by atoms with Crippen molar-refractivity contribution in [2.45, 2.75) is 57.0 Å². The zero-order chi connectivity index (χ0) is 29.1. The van der Waals surface area contributed by atoms with E-state index < -0.39 is 22.6 Å². The van der Waals surface area contributed by atoms with Crippen LogP contribution >= 0.6 is 11.6 Å². The molecule has 41 heavy (non-hydrogen) atoms. The van der Waals surface area contributed by atoms with Crippen LogP contribution in [0.1, 0.15) is 60.5 Å². The lowest BCUT2D eigenvalue weighted by molar-refractivity contribution is 0.0460. The number of nitrogens with zero attached hydrogens (tertiary/aromatic N) is 2. The van der Waals surface area contributed by atoms with Crippen molar-refractivity contribution in [3.05, 3.63) is 83.4 Å². The fourth-order valence-electron chi connectivity index (χ4n) is 6.75. The number of allylic oxidation sites excluding steroid dienone is 1. The number of hydrogen-bond acceptors (Lipinski definition) is 6. The van der Waals surface area contributed by atoms with Crippen molar-refractivity contribution in [3.8, 4) is 5.75 Å². The molecular weight excluding hydrogens is 556 g/mol. The van der Waals surface area contributed by atoms with Crippen molar-refractivity contribution >= 4 is 33.8 Å². The molecule has 0 saturated heterocycles. The normalized spacial score (nSPS) is 25.6. The summed E-state index contributed by atoms with van der Waals surface area (Å²) in [6, 6.07) is 11.6. The maximum Gasteiger partial charge on any atom is 0.254 e. The Kier molecular flexibility index (Phi) is 9.27. The Hall–Kier alpha value is -2.61. The number of anilines is 1. The first-order valence-electron chi connectivity index (χ1n) is 14.6. The molecule has 0 unspecified atom stereocenters. The number of fused-ring (bicyclic) bond motifs is 3. The molecule has 0 aromatic heterocycles. The second kappa shape index (κ2) is 12.7. The molecule has 1 fully saturated rings. The zero-order valence-electron chi connectivity index (χ0n) is 23.8. The highest BCUT2D eigenvalue weighted by molar-refractivity contribution is 7.75. The number of halogens is 1. The van der Waals surface area contributed by atoms with Gasteiger partial charge in [-0.05, 0) is 91.8 Å². The van der Waals surface area contributed by atoms with E-state index in [1.54, 1.807) is 18.2 Å². The van der Waals surface area contributed by atoms with Crippen molar-refractivity contribution < 1.29 is 18.8 Å². The molecular formula is C33H40ClN2O4S-. The number of aliphatic hydroxyl groups is 1. The smallest absolute Gasteiger partial charge is 0.254 e. The van der Waals surface area contributed by atoms with Gasteiger partial charge >= 0.3 is 0 Å². The van der Waals surface area contributed by atoms with Crippen LogP contribution in [0.15, 0.2) is 66.1 Å². The number of carbonyl (C=O) groups is 1. The third kappa shape index (κ3) is 6.42. The molecule has 6 nitrogen and oxygen atoms in total. The van der Waals surface area contributed by atoms with Gasteiger partial charge in [-0.3, -0.25) is 4.79 Å². The lowest BCUT2D eigenvalue weighted by Gasteiger charge is -2.45. The van der Waals surface area contributed by atoms with Crippen LogP contribution < -0.4 is 9.64 Å². The van der Waals surface area contributed by atoms with E-state index in [-0.39, 0.29) is 17.3 Å². The molecule has 5 atom stereocenters. The third-order valence-electron chi connectivity index (χ3n) is 9.08. The Bertz CT molecular complexity index is 1400. The first-order valence-corrected chi connectivity index (χ1v) is 16.2. The van der Waals surface area contributed by atoms with Crippen molar-refractivity contribution in [3.63, 3.8) is 0 Å². The van der Waals surface area contributed by atoms with Crippen molar-refractivity contribution in [2.75, 3.05) is 30.3 Å². The number of hydrogen-bond donors (Lipinski definition) is 1. The van der Waals surface area contributed by atoms with Crippen molar-refractivity contribution in [2.24, 2.45) is 22.1 Å². The highest BCUT2D eigenvalue weighted by Crippen LogP contribution is 2.46. The van der Waals surface area contributed by atoms with Crippen LogP contribution in [0.2, 0.25) is 5.02 Å². The Labute approximate surface area is 250 Å². The summed E-state index contributed by atoms with van der Waals surface area (Å²) in [4.78, 5) is 15.5. The van der Waals surface area contributed by atoms with Gasteiger partial charge in [0.25, 0.3) is 5.91 Å². The van der Waals surface area contributed by atoms with Gasteiger partial charge in [0.2, 0.25) is 0 Å². The quantitative estimate of drug-likeness (QED) is 0.252. The van der Waals surface area contributed by atoms with Gasteiger partial charge in [0, 0.05) is 29.1 Å². The fraction of sp³-hybridized carbons (Fsp3) is 0.485. The number of ether oxygens (including phenoxy) is 1. The number of rotatable bonds is 9. The molecule has 0 bridgehead atoms. The summed E-state index contributed by atoms with van der Waals surface area (Å²) in [7, 11) is -1.61. The largest absolute Gasteiger partial charge is 0.490 e. The standard InChI is InChI=1S/C33H40ClN2O4S/c1-4-7-22(3)19-41(39)35-32(38)24-10-14-31-29(17-24)36(18-25-9-12-27(25)30(37)5-2)20-33(21-40-31)15-6-8-23-16-26(34)11-13-28(23)33/h4-5,10-11,13-14,16-17,22,25,27,30,37H,1-2,6-9,12,15,18-21H2,3H3/q-1/t22-,25-,27+,30-,33-/m0/s1. The van der Waals surface area contributed by atoms with Crippen molar-refractivity contribution in [1.82, 2.24) is 0 Å². The highest BCUT2D eigenvalue weighted by Gasteiger charge is 2.44. The van der Waals surface area contributed by atoms with Gasteiger partial charge < -0.3 is 23.3 Å². The third-order valence-corrected chi connectivity index (χ3v) is 10.5. The van der Waals surface area contributed by atoms with Gasteiger partial charge in [-0.2, -0.15) is 10.6 Å². The first kappa shape index (κ1) is 29.9. The second-order valence-corrected chi connectivity index (χ2v) is 13.6. The molecule has 0 radical (unpaired) electrons. The van der Waals surface area contributed by atoms with E-state index in [0.717, 1.165) is 68.1 Å². The molecule has 5 rings (SSSR count). The van der Waals surface area contributed by atoms with Gasteiger partial charge in [-0.15, -0.1) is 13.2 Å². The van der Waals surface area contributed by atoms with Gasteiger partial charge in [0.1, 0.15) is 5.75 Å². The van der Waals surface area contributed by atoms with E-state index in [0.29, 0.717) is 23.8 Å². The number of aryl methyl sites for hydroxylation is 1. The van der Waals surface area contributed by atoms with Gasteiger partial charge in [-0.25, -0.2) is 0 Å². The molecule has 3 aliphatic rings. The number of benzene rings is 2. The van der Waals surface area contributed by atoms with E-state index in [4.69, 9.17) is 16.3 Å². The molecule has 1 spiro atoms. The summed E-state index contributed by atoms with van der Waals surface area (Å²) in [5.41, 5.74) is 3.55. The van der Waals surface area contributed by atoms with E-state index in [1.807, 2.05) is 25.1 Å². The van der Waals surface area contributed by atoms with E-state index in [9.17, 15) is 14.1 Å². The maximum atomic E-state index is 13.1. The summed E-state index contributed by atoms with van der Waals surface area (Å²) in [5, 5.41) is 11.3. The molecule has 2 aromatic rings. The molecule has 1 N–H and O–H groups in total. The van der Waals surface area contributed by atoms with Crippen LogP contribution in [0.25, 0.3) is 0 Å². The topological polar surface area (TPSA) is 79.2 Å². The predicted molar refractivity (Wildman–Crippen MR) is 166 cm³/mol. The van der Waals surface area contributed by atoms with Crippen molar-refractivity contribution in [1.29, 1.82) is 0 Å². The van der Waals surface area contributed by atoms with Crippen LogP contribution in [0.3, 0.4) is 0 Å². The molecule has 8 heteroatoms. The molecule has 1 amide bonds. The van der Waals surface area contributed by atoms with Gasteiger partial charge in [0.05, 0.1) is 18.4 Å². The van der Waals surface area contributed by atoms with Crippen LogP contribution in [-0.2, 0) is 26.6 Å². The molecule has 2 aliphatic carbocycles. The number of carbonyl (C=O) groups excluding carboxylic acids is 1. The van der Waals surface area contributed by atoms with Crippen LogP contribution in [0, 0.1) is 17.8 Å². The Morgan fingerprint density at radius 1 is 1.29 bits per heavy atom. The Morgan fingerprint density at radius 2 is 2.12 bits per heavy atom. The average Bonchev–Trinajstić information content (AvgIpc) is 3.07. The number of aliphatic hydroxyl groups excluding tert-OH is 1. The average molecular weight is 596 g/mol. The van der Waals surface area contributed by atoms with Crippen LogP contribution in [0.5, 0.6) is 5.75 Å². The summed E-state index contributed by atoms with van der Waals surface area (Å²) in [6.07, 6.45) is 8.62. The Morgan fingerprint density at radius 3 is 2.85 bits per heavy atom. The predicted octanol–water partition coefficient (Wildman–Crippen LogP) is 6.89. The molecule has 1 saturated carbocycles. The first-order chi connectivity index (χ1) is 19.7.